The largest absolute Gasteiger partial charge is 0.468 e. The van der Waals surface area contributed by atoms with E-state index in [-0.39, 0.29) is 11.7 Å². The minimum absolute atomic E-state index is 0.254. The Balaban J connectivity index is 2.50. The summed E-state index contributed by atoms with van der Waals surface area (Å²) in [4.78, 5) is 14.8. The van der Waals surface area contributed by atoms with Crippen LogP contribution in [0.25, 0.3) is 0 Å². The van der Waals surface area contributed by atoms with Crippen LogP contribution in [-0.2, 0) is 9.53 Å². The van der Waals surface area contributed by atoms with Crippen molar-refractivity contribution in [3.05, 3.63) is 23.4 Å². The average Bonchev–Trinajstić information content (AvgIpc) is 2.14. The van der Waals surface area contributed by atoms with Gasteiger partial charge in [0.05, 0.1) is 17.9 Å². The van der Waals surface area contributed by atoms with Gasteiger partial charge in [0.15, 0.2) is 0 Å². The number of rotatable bonds is 3. The van der Waals surface area contributed by atoms with Gasteiger partial charge in [-0.2, -0.15) is 0 Å². The zero-order chi connectivity index (χ0) is 9.68. The van der Waals surface area contributed by atoms with Crippen molar-refractivity contribution >= 4 is 29.3 Å². The summed E-state index contributed by atoms with van der Waals surface area (Å²) in [7, 11) is 1.36. The summed E-state index contributed by atoms with van der Waals surface area (Å²) in [6.45, 7) is 0. The third-order valence-corrected chi connectivity index (χ3v) is 2.40. The van der Waals surface area contributed by atoms with Crippen LogP contribution in [0.5, 0.6) is 0 Å². The number of halogens is 1. The second-order valence-corrected chi connectivity index (χ2v) is 3.61. The molecule has 5 heteroatoms. The maximum absolute atomic E-state index is 10.8. The summed E-state index contributed by atoms with van der Waals surface area (Å²) in [5.41, 5.74) is 0. The Kier molecular flexibility index (Phi) is 4.05. The van der Waals surface area contributed by atoms with Crippen LogP contribution in [0, 0.1) is 0 Å². The highest BCUT2D eigenvalue weighted by atomic mass is 35.5. The number of pyridine rings is 1. The van der Waals surface area contributed by atoms with Gasteiger partial charge in [0.25, 0.3) is 0 Å². The highest BCUT2D eigenvalue weighted by Crippen LogP contribution is 2.18. The summed E-state index contributed by atoms with van der Waals surface area (Å²) < 4.78 is 4.48. The molecular weight excluding hydrogens is 210 g/mol. The van der Waals surface area contributed by atoms with E-state index in [1.54, 1.807) is 18.3 Å². The first-order chi connectivity index (χ1) is 6.22. The number of aromatic nitrogens is 1. The summed E-state index contributed by atoms with van der Waals surface area (Å²) in [5.74, 6) is -0.0177. The number of methoxy groups -OCH3 is 1. The first kappa shape index (κ1) is 10.3. The van der Waals surface area contributed by atoms with Gasteiger partial charge in [-0.1, -0.05) is 23.4 Å². The molecule has 0 spiro atoms. The van der Waals surface area contributed by atoms with Crippen LogP contribution in [0.1, 0.15) is 0 Å². The van der Waals surface area contributed by atoms with Crippen LogP contribution in [0.4, 0.5) is 0 Å². The topological polar surface area (TPSA) is 39.2 Å². The molecule has 0 aromatic carbocycles. The van der Waals surface area contributed by atoms with Crippen LogP contribution in [-0.4, -0.2) is 23.8 Å². The maximum atomic E-state index is 10.8. The van der Waals surface area contributed by atoms with Crippen LogP contribution in [0.15, 0.2) is 23.4 Å². The fourth-order valence-corrected chi connectivity index (χ4v) is 1.61. The Morgan fingerprint density at radius 2 is 2.54 bits per heavy atom. The fourth-order valence-electron chi connectivity index (χ4n) is 0.656. The van der Waals surface area contributed by atoms with Gasteiger partial charge in [0.2, 0.25) is 0 Å². The van der Waals surface area contributed by atoms with Crippen molar-refractivity contribution in [1.82, 2.24) is 4.98 Å². The lowest BCUT2D eigenvalue weighted by atomic mass is 10.5. The molecule has 0 saturated carbocycles. The van der Waals surface area contributed by atoms with Gasteiger partial charge in [0, 0.05) is 11.2 Å². The van der Waals surface area contributed by atoms with Crippen molar-refractivity contribution in [2.75, 3.05) is 12.9 Å². The molecule has 1 aromatic rings. The number of thioether (sulfide) groups is 1. The molecule has 1 aromatic heterocycles. The predicted octanol–water partition coefficient (Wildman–Crippen LogP) is 2.00. The Morgan fingerprint density at radius 3 is 3.15 bits per heavy atom. The second-order valence-electron chi connectivity index (χ2n) is 2.18. The smallest absolute Gasteiger partial charge is 0.316 e. The van der Waals surface area contributed by atoms with E-state index < -0.39 is 0 Å². The lowest BCUT2D eigenvalue weighted by molar-refractivity contribution is -0.137. The average molecular weight is 218 g/mol. The maximum Gasteiger partial charge on any atom is 0.316 e. The van der Waals surface area contributed by atoms with E-state index in [4.69, 9.17) is 11.6 Å². The highest BCUT2D eigenvalue weighted by molar-refractivity contribution is 7.99. The predicted molar refractivity (Wildman–Crippen MR) is 52.0 cm³/mol. The molecule has 0 unspecified atom stereocenters. The molecule has 0 N–H and O–H groups in total. The number of ether oxygens (including phenoxy) is 1. The molecule has 3 nitrogen and oxygen atoms in total. The van der Waals surface area contributed by atoms with Gasteiger partial charge < -0.3 is 4.74 Å². The van der Waals surface area contributed by atoms with E-state index in [9.17, 15) is 4.79 Å². The summed E-state index contributed by atoms with van der Waals surface area (Å²) in [6.07, 6.45) is 1.60. The standard InChI is InChI=1S/C8H8ClNO2S/c1-12-8(11)5-13-7-4-6(9)2-3-10-7/h2-4H,5H2,1H3. The van der Waals surface area contributed by atoms with Gasteiger partial charge in [-0.25, -0.2) is 4.98 Å². The molecule has 0 saturated heterocycles. The van der Waals surface area contributed by atoms with Crippen molar-refractivity contribution in [3.8, 4) is 0 Å². The van der Waals surface area contributed by atoms with Gasteiger partial charge in [-0.3, -0.25) is 4.79 Å². The number of carbonyl (C=O) groups is 1. The van der Waals surface area contributed by atoms with Crippen molar-refractivity contribution in [2.24, 2.45) is 0 Å². The van der Waals surface area contributed by atoms with E-state index in [2.05, 4.69) is 9.72 Å². The van der Waals surface area contributed by atoms with Crippen molar-refractivity contribution in [1.29, 1.82) is 0 Å². The Labute approximate surface area is 85.4 Å². The van der Waals surface area contributed by atoms with Crippen molar-refractivity contribution in [3.63, 3.8) is 0 Å². The first-order valence-electron chi connectivity index (χ1n) is 3.53. The molecule has 0 bridgehead atoms. The van der Waals surface area contributed by atoms with E-state index in [1.165, 1.54) is 18.9 Å². The van der Waals surface area contributed by atoms with E-state index in [0.29, 0.717) is 5.02 Å². The van der Waals surface area contributed by atoms with Gasteiger partial charge >= 0.3 is 5.97 Å². The molecule has 1 heterocycles. The molecule has 13 heavy (non-hydrogen) atoms. The highest BCUT2D eigenvalue weighted by Gasteiger charge is 2.02. The van der Waals surface area contributed by atoms with Gasteiger partial charge in [-0.15, -0.1) is 0 Å². The van der Waals surface area contributed by atoms with Crippen molar-refractivity contribution in [2.45, 2.75) is 5.03 Å². The Bertz CT molecular complexity index is 306. The minimum atomic E-state index is -0.272. The van der Waals surface area contributed by atoms with Crippen molar-refractivity contribution < 1.29 is 9.53 Å². The number of esters is 1. The molecule has 0 radical (unpaired) electrons. The van der Waals surface area contributed by atoms with E-state index in [1.807, 2.05) is 0 Å². The van der Waals surface area contributed by atoms with Gasteiger partial charge in [0.1, 0.15) is 0 Å². The third kappa shape index (κ3) is 3.65. The van der Waals surface area contributed by atoms with Crippen LogP contribution in [0.3, 0.4) is 0 Å². The molecule has 0 aliphatic carbocycles. The first-order valence-corrected chi connectivity index (χ1v) is 4.90. The number of hydrogen-bond donors (Lipinski definition) is 0. The van der Waals surface area contributed by atoms with Crippen LogP contribution >= 0.6 is 23.4 Å². The fraction of sp³-hybridized carbons (Fsp3) is 0.250. The molecule has 0 aliphatic rings. The number of nitrogens with zero attached hydrogens (tertiary/aromatic N) is 1. The zero-order valence-corrected chi connectivity index (χ0v) is 8.56. The third-order valence-electron chi connectivity index (χ3n) is 1.26. The van der Waals surface area contributed by atoms with E-state index in [0.717, 1.165) is 5.03 Å². The molecule has 1 rings (SSSR count). The molecule has 0 atom stereocenters. The molecular formula is C8H8ClNO2S. The summed E-state index contributed by atoms with van der Waals surface area (Å²) in [5, 5.41) is 1.33. The molecule has 70 valence electrons. The zero-order valence-electron chi connectivity index (χ0n) is 6.99. The quantitative estimate of drug-likeness (QED) is 0.574. The Hall–Kier alpha value is -0.740. The van der Waals surface area contributed by atoms with Crippen LogP contribution in [0.2, 0.25) is 5.02 Å². The summed E-state index contributed by atoms with van der Waals surface area (Å²) in [6, 6.07) is 3.39. The summed E-state index contributed by atoms with van der Waals surface area (Å²) >= 11 is 7.02. The lowest BCUT2D eigenvalue weighted by Crippen LogP contribution is -2.03. The number of hydrogen-bond acceptors (Lipinski definition) is 4. The van der Waals surface area contributed by atoms with Crippen LogP contribution < -0.4 is 0 Å². The lowest BCUT2D eigenvalue weighted by Gasteiger charge is -1.99. The molecule has 0 aliphatic heterocycles. The minimum Gasteiger partial charge on any atom is -0.468 e. The van der Waals surface area contributed by atoms with E-state index >= 15 is 0 Å². The van der Waals surface area contributed by atoms with Gasteiger partial charge in [-0.05, 0) is 12.1 Å². The normalized spacial score (nSPS) is 9.69. The second kappa shape index (κ2) is 5.09. The Morgan fingerprint density at radius 1 is 1.77 bits per heavy atom. The molecule has 0 amide bonds. The number of carbonyl (C=O) groups excluding carboxylic acids is 1. The monoisotopic (exact) mass is 217 g/mol. The molecule has 0 fully saturated rings. The SMILES string of the molecule is COC(=O)CSc1cc(Cl)ccn1.